The molecule has 0 aliphatic heterocycles. The fourth-order valence-corrected chi connectivity index (χ4v) is 1.71. The Morgan fingerprint density at radius 2 is 1.88 bits per heavy atom. The van der Waals surface area contributed by atoms with E-state index in [1.807, 2.05) is 31.2 Å². The van der Waals surface area contributed by atoms with Gasteiger partial charge in [0.1, 0.15) is 5.82 Å². The molecule has 84 valence electrons. The van der Waals surface area contributed by atoms with E-state index < -0.39 is 0 Å². The van der Waals surface area contributed by atoms with E-state index >= 15 is 0 Å². The number of aromatic amines is 1. The monoisotopic (exact) mass is 217 g/mol. The first kappa shape index (κ1) is 10.7. The van der Waals surface area contributed by atoms with Gasteiger partial charge in [0.05, 0.1) is 5.69 Å². The number of benzene rings is 1. The SMILES string of the molecule is CCc1ccc(-n2c(CC)n[nH]c2=O)cc1. The molecule has 1 aromatic heterocycles. The molecule has 4 heteroatoms. The highest BCUT2D eigenvalue weighted by Crippen LogP contribution is 2.09. The second-order valence-electron chi connectivity index (χ2n) is 3.65. The van der Waals surface area contributed by atoms with Crippen molar-refractivity contribution in [2.75, 3.05) is 0 Å². The first-order valence-electron chi connectivity index (χ1n) is 5.51. The van der Waals surface area contributed by atoms with E-state index in [0.29, 0.717) is 0 Å². The molecule has 0 fully saturated rings. The summed E-state index contributed by atoms with van der Waals surface area (Å²) in [5.41, 5.74) is 1.95. The largest absolute Gasteiger partial charge is 0.347 e. The van der Waals surface area contributed by atoms with Gasteiger partial charge < -0.3 is 0 Å². The second-order valence-corrected chi connectivity index (χ2v) is 3.65. The van der Waals surface area contributed by atoms with Crippen LogP contribution in [0.5, 0.6) is 0 Å². The van der Waals surface area contributed by atoms with Crippen LogP contribution in [0.1, 0.15) is 25.2 Å². The molecular weight excluding hydrogens is 202 g/mol. The molecule has 0 saturated heterocycles. The summed E-state index contributed by atoms with van der Waals surface area (Å²) in [6.45, 7) is 4.09. The highest BCUT2D eigenvalue weighted by atomic mass is 16.1. The van der Waals surface area contributed by atoms with Gasteiger partial charge in [0, 0.05) is 6.42 Å². The van der Waals surface area contributed by atoms with E-state index in [1.54, 1.807) is 4.57 Å². The van der Waals surface area contributed by atoms with Crippen LogP contribution in [0.3, 0.4) is 0 Å². The average Bonchev–Trinajstić information content (AvgIpc) is 2.70. The summed E-state index contributed by atoms with van der Waals surface area (Å²) in [5, 5.41) is 6.45. The van der Waals surface area contributed by atoms with Crippen LogP contribution in [-0.2, 0) is 12.8 Å². The molecule has 0 spiro atoms. The molecule has 0 radical (unpaired) electrons. The Morgan fingerprint density at radius 1 is 1.19 bits per heavy atom. The predicted molar refractivity (Wildman–Crippen MR) is 62.9 cm³/mol. The van der Waals surface area contributed by atoms with Crippen molar-refractivity contribution >= 4 is 0 Å². The van der Waals surface area contributed by atoms with Gasteiger partial charge in [-0.05, 0) is 24.1 Å². The van der Waals surface area contributed by atoms with E-state index in [4.69, 9.17) is 0 Å². The van der Waals surface area contributed by atoms with Crippen molar-refractivity contribution in [3.8, 4) is 5.69 Å². The van der Waals surface area contributed by atoms with Crippen molar-refractivity contribution in [1.82, 2.24) is 14.8 Å². The highest BCUT2D eigenvalue weighted by molar-refractivity contribution is 5.35. The Labute approximate surface area is 93.9 Å². The number of rotatable bonds is 3. The first-order valence-corrected chi connectivity index (χ1v) is 5.51. The molecule has 16 heavy (non-hydrogen) atoms. The van der Waals surface area contributed by atoms with Crippen molar-refractivity contribution < 1.29 is 0 Å². The third-order valence-electron chi connectivity index (χ3n) is 2.66. The molecule has 1 aromatic carbocycles. The van der Waals surface area contributed by atoms with Gasteiger partial charge >= 0.3 is 5.69 Å². The van der Waals surface area contributed by atoms with Gasteiger partial charge in [-0.25, -0.2) is 14.5 Å². The van der Waals surface area contributed by atoms with E-state index in [0.717, 1.165) is 24.4 Å². The van der Waals surface area contributed by atoms with Crippen LogP contribution in [0.4, 0.5) is 0 Å². The van der Waals surface area contributed by atoms with Crippen LogP contribution in [-0.4, -0.2) is 14.8 Å². The summed E-state index contributed by atoms with van der Waals surface area (Å²) in [4.78, 5) is 11.6. The number of hydrogen-bond acceptors (Lipinski definition) is 2. The molecule has 0 aliphatic rings. The minimum absolute atomic E-state index is 0.180. The smallest absolute Gasteiger partial charge is 0.247 e. The van der Waals surface area contributed by atoms with Crippen LogP contribution >= 0.6 is 0 Å². The molecule has 0 atom stereocenters. The van der Waals surface area contributed by atoms with Crippen molar-refractivity contribution in [2.24, 2.45) is 0 Å². The minimum Gasteiger partial charge on any atom is -0.247 e. The van der Waals surface area contributed by atoms with Gasteiger partial charge in [-0.2, -0.15) is 5.10 Å². The molecule has 2 aromatic rings. The average molecular weight is 217 g/mol. The van der Waals surface area contributed by atoms with Gasteiger partial charge in [-0.15, -0.1) is 0 Å². The Balaban J connectivity index is 2.49. The molecule has 0 bridgehead atoms. The summed E-state index contributed by atoms with van der Waals surface area (Å²) in [5.74, 6) is 0.759. The lowest BCUT2D eigenvalue weighted by atomic mass is 10.1. The maximum Gasteiger partial charge on any atom is 0.347 e. The Hall–Kier alpha value is -1.84. The normalized spacial score (nSPS) is 10.6. The Kier molecular flexibility index (Phi) is 2.90. The Bertz CT molecular complexity index is 522. The molecule has 1 N–H and O–H groups in total. The number of nitrogens with zero attached hydrogens (tertiary/aromatic N) is 2. The first-order chi connectivity index (χ1) is 7.76. The molecule has 4 nitrogen and oxygen atoms in total. The van der Waals surface area contributed by atoms with E-state index in [9.17, 15) is 4.79 Å². The summed E-state index contributed by atoms with van der Waals surface area (Å²) < 4.78 is 1.61. The molecule has 0 amide bonds. The lowest BCUT2D eigenvalue weighted by Crippen LogP contribution is -2.16. The summed E-state index contributed by atoms with van der Waals surface area (Å²) >= 11 is 0. The van der Waals surface area contributed by atoms with Crippen LogP contribution in [0, 0.1) is 0 Å². The van der Waals surface area contributed by atoms with Crippen molar-refractivity contribution in [1.29, 1.82) is 0 Å². The van der Waals surface area contributed by atoms with Gasteiger partial charge in [0.25, 0.3) is 0 Å². The zero-order valence-corrected chi connectivity index (χ0v) is 9.53. The van der Waals surface area contributed by atoms with Crippen molar-refractivity contribution in [3.63, 3.8) is 0 Å². The standard InChI is InChI=1S/C12H15N3O/c1-3-9-5-7-10(8-6-9)15-11(4-2)13-14-12(15)16/h5-8H,3-4H2,1-2H3,(H,14,16). The summed E-state index contributed by atoms with van der Waals surface area (Å²) in [6.07, 6.45) is 1.73. The molecule has 0 aliphatic carbocycles. The van der Waals surface area contributed by atoms with Gasteiger partial charge in [0.2, 0.25) is 0 Å². The molecule has 0 unspecified atom stereocenters. The Morgan fingerprint density at radius 3 is 2.44 bits per heavy atom. The molecule has 2 rings (SSSR count). The third kappa shape index (κ3) is 1.78. The van der Waals surface area contributed by atoms with Crippen LogP contribution in [0.25, 0.3) is 5.69 Å². The van der Waals surface area contributed by atoms with E-state index in [1.165, 1.54) is 5.56 Å². The van der Waals surface area contributed by atoms with E-state index in [-0.39, 0.29) is 5.69 Å². The topological polar surface area (TPSA) is 50.7 Å². The van der Waals surface area contributed by atoms with Crippen molar-refractivity contribution in [3.05, 3.63) is 46.1 Å². The van der Waals surface area contributed by atoms with E-state index in [2.05, 4.69) is 17.1 Å². The number of nitrogens with one attached hydrogen (secondary N) is 1. The van der Waals surface area contributed by atoms with Crippen LogP contribution in [0.2, 0.25) is 0 Å². The fourth-order valence-electron chi connectivity index (χ4n) is 1.71. The fraction of sp³-hybridized carbons (Fsp3) is 0.333. The highest BCUT2D eigenvalue weighted by Gasteiger charge is 2.07. The van der Waals surface area contributed by atoms with Crippen LogP contribution in [0.15, 0.2) is 29.1 Å². The number of H-pyrrole nitrogens is 1. The lowest BCUT2D eigenvalue weighted by molar-refractivity contribution is 0.872. The summed E-state index contributed by atoms with van der Waals surface area (Å²) in [7, 11) is 0. The van der Waals surface area contributed by atoms with Crippen LogP contribution < -0.4 is 5.69 Å². The summed E-state index contributed by atoms with van der Waals surface area (Å²) in [6, 6.07) is 7.98. The van der Waals surface area contributed by atoms with Gasteiger partial charge in [-0.3, -0.25) is 0 Å². The zero-order chi connectivity index (χ0) is 11.5. The quantitative estimate of drug-likeness (QED) is 0.850. The minimum atomic E-state index is -0.180. The maximum absolute atomic E-state index is 11.6. The zero-order valence-electron chi connectivity index (χ0n) is 9.53. The molecule has 0 saturated carbocycles. The number of aryl methyl sites for hydroxylation is 2. The number of aromatic nitrogens is 3. The van der Waals surface area contributed by atoms with Crippen molar-refractivity contribution in [2.45, 2.75) is 26.7 Å². The second kappa shape index (κ2) is 4.35. The lowest BCUT2D eigenvalue weighted by Gasteiger charge is -2.04. The van der Waals surface area contributed by atoms with Gasteiger partial charge in [0.15, 0.2) is 0 Å². The molecular formula is C12H15N3O. The predicted octanol–water partition coefficient (Wildman–Crippen LogP) is 1.69. The maximum atomic E-state index is 11.6. The number of hydrogen-bond donors (Lipinski definition) is 1. The van der Waals surface area contributed by atoms with Gasteiger partial charge in [-0.1, -0.05) is 26.0 Å². The third-order valence-corrected chi connectivity index (χ3v) is 2.66. The molecule has 1 heterocycles.